The van der Waals surface area contributed by atoms with Gasteiger partial charge in [-0.15, -0.1) is 0 Å². The third-order valence-electron chi connectivity index (χ3n) is 4.86. The molecule has 0 aliphatic carbocycles. The van der Waals surface area contributed by atoms with Crippen molar-refractivity contribution in [1.29, 1.82) is 0 Å². The fourth-order valence-corrected chi connectivity index (χ4v) is 3.74. The van der Waals surface area contributed by atoms with Gasteiger partial charge >= 0.3 is 0 Å². The molecule has 1 unspecified atom stereocenters. The highest BCUT2D eigenvalue weighted by atomic mass is 16.5. The largest absolute Gasteiger partial charge is 0.489 e. The maximum atomic E-state index is 5.80. The Bertz CT molecular complexity index is 482. The van der Waals surface area contributed by atoms with Crippen LogP contribution in [0.15, 0.2) is 36.9 Å². The molecular weight excluding hydrogens is 272 g/mol. The topological polar surface area (TPSA) is 15.7 Å². The first-order valence-electron chi connectivity index (χ1n) is 8.65. The molecule has 1 aromatic rings. The van der Waals surface area contributed by atoms with Crippen LogP contribution in [-0.4, -0.2) is 48.6 Å². The van der Waals surface area contributed by atoms with E-state index in [1.165, 1.54) is 57.4 Å². The number of benzene rings is 1. The van der Waals surface area contributed by atoms with Crippen molar-refractivity contribution < 1.29 is 4.74 Å². The van der Waals surface area contributed by atoms with Gasteiger partial charge in [0.25, 0.3) is 0 Å². The van der Waals surface area contributed by atoms with Crippen LogP contribution in [0, 0.1) is 0 Å². The smallest absolute Gasteiger partial charge is 0.124 e. The summed E-state index contributed by atoms with van der Waals surface area (Å²) in [5.74, 6) is 1.01. The molecule has 2 heterocycles. The summed E-state index contributed by atoms with van der Waals surface area (Å²) in [4.78, 5) is 5.30. The van der Waals surface area contributed by atoms with E-state index in [1.807, 2.05) is 6.07 Å². The van der Waals surface area contributed by atoms with Crippen LogP contribution in [0.3, 0.4) is 0 Å². The number of piperidine rings is 1. The third kappa shape index (κ3) is 3.90. The molecule has 2 aliphatic rings. The van der Waals surface area contributed by atoms with Crippen LogP contribution in [0.2, 0.25) is 0 Å². The molecule has 3 heteroatoms. The Labute approximate surface area is 134 Å². The van der Waals surface area contributed by atoms with E-state index < -0.39 is 0 Å². The zero-order valence-corrected chi connectivity index (χ0v) is 13.5. The van der Waals surface area contributed by atoms with E-state index in [0.29, 0.717) is 6.61 Å². The molecule has 1 atom stereocenters. The standard InChI is InChI=1S/C19H28N2O/c1-2-14-22-19-10-4-3-8-17(19)15-20-11-7-9-18(16-20)21-12-5-6-13-21/h2-4,8,10,18H,1,5-7,9,11-16H2. The maximum absolute atomic E-state index is 5.80. The number of nitrogens with zero attached hydrogens (tertiary/aromatic N) is 2. The van der Waals surface area contributed by atoms with Gasteiger partial charge in [-0.3, -0.25) is 9.80 Å². The zero-order chi connectivity index (χ0) is 15.2. The van der Waals surface area contributed by atoms with Crippen molar-refractivity contribution in [3.05, 3.63) is 42.5 Å². The average molecular weight is 300 g/mol. The molecule has 3 nitrogen and oxygen atoms in total. The molecule has 0 bridgehead atoms. The lowest BCUT2D eigenvalue weighted by molar-refractivity contribution is 0.110. The molecule has 120 valence electrons. The van der Waals surface area contributed by atoms with Crippen LogP contribution in [0.4, 0.5) is 0 Å². The first kappa shape index (κ1) is 15.6. The molecule has 0 radical (unpaired) electrons. The summed E-state index contributed by atoms with van der Waals surface area (Å²) in [6.07, 6.45) is 7.26. The Balaban J connectivity index is 1.61. The number of hydrogen-bond donors (Lipinski definition) is 0. The van der Waals surface area contributed by atoms with Crippen LogP contribution in [0.5, 0.6) is 5.75 Å². The minimum Gasteiger partial charge on any atom is -0.489 e. The predicted octanol–water partition coefficient (Wildman–Crippen LogP) is 3.31. The van der Waals surface area contributed by atoms with Gasteiger partial charge in [-0.05, 0) is 51.4 Å². The van der Waals surface area contributed by atoms with Crippen LogP contribution >= 0.6 is 0 Å². The lowest BCUT2D eigenvalue weighted by Crippen LogP contribution is -2.46. The molecule has 0 spiro atoms. The summed E-state index contributed by atoms with van der Waals surface area (Å²) >= 11 is 0. The molecular formula is C19H28N2O. The summed E-state index contributed by atoms with van der Waals surface area (Å²) in [6, 6.07) is 9.18. The minimum absolute atomic E-state index is 0.577. The Morgan fingerprint density at radius 3 is 2.77 bits per heavy atom. The molecule has 1 aromatic carbocycles. The van der Waals surface area contributed by atoms with E-state index in [0.717, 1.165) is 18.3 Å². The maximum Gasteiger partial charge on any atom is 0.124 e. The van der Waals surface area contributed by atoms with Gasteiger partial charge in [-0.2, -0.15) is 0 Å². The summed E-state index contributed by atoms with van der Waals surface area (Å²) in [5.41, 5.74) is 1.30. The van der Waals surface area contributed by atoms with Crippen molar-refractivity contribution in [3.8, 4) is 5.75 Å². The van der Waals surface area contributed by atoms with Crippen molar-refractivity contribution in [3.63, 3.8) is 0 Å². The molecule has 3 rings (SSSR count). The van der Waals surface area contributed by atoms with Crippen molar-refractivity contribution in [2.45, 2.75) is 38.3 Å². The zero-order valence-electron chi connectivity index (χ0n) is 13.5. The van der Waals surface area contributed by atoms with Crippen LogP contribution in [0.1, 0.15) is 31.2 Å². The second-order valence-corrected chi connectivity index (χ2v) is 6.48. The number of ether oxygens (including phenoxy) is 1. The van der Waals surface area contributed by atoms with Gasteiger partial charge in [0.1, 0.15) is 12.4 Å². The van der Waals surface area contributed by atoms with Gasteiger partial charge < -0.3 is 4.74 Å². The molecule has 0 aromatic heterocycles. The molecule has 2 aliphatic heterocycles. The lowest BCUT2D eigenvalue weighted by Gasteiger charge is -2.37. The third-order valence-corrected chi connectivity index (χ3v) is 4.86. The summed E-state index contributed by atoms with van der Waals surface area (Å²) in [7, 11) is 0. The van der Waals surface area contributed by atoms with Gasteiger partial charge in [0.2, 0.25) is 0 Å². The fraction of sp³-hybridized carbons (Fsp3) is 0.579. The number of likely N-dealkylation sites (tertiary alicyclic amines) is 2. The molecule has 0 amide bonds. The summed E-state index contributed by atoms with van der Waals surface area (Å²) in [5, 5.41) is 0. The van der Waals surface area contributed by atoms with Crippen molar-refractivity contribution in [2.75, 3.05) is 32.8 Å². The fourth-order valence-electron chi connectivity index (χ4n) is 3.74. The Morgan fingerprint density at radius 1 is 1.14 bits per heavy atom. The van der Waals surface area contributed by atoms with Gasteiger partial charge in [-0.1, -0.05) is 30.9 Å². The minimum atomic E-state index is 0.577. The van der Waals surface area contributed by atoms with E-state index >= 15 is 0 Å². The predicted molar refractivity (Wildman–Crippen MR) is 91.2 cm³/mol. The number of hydrogen-bond acceptors (Lipinski definition) is 3. The van der Waals surface area contributed by atoms with Crippen LogP contribution in [0.25, 0.3) is 0 Å². The number of para-hydroxylation sites is 1. The van der Waals surface area contributed by atoms with E-state index in [9.17, 15) is 0 Å². The Morgan fingerprint density at radius 2 is 1.95 bits per heavy atom. The van der Waals surface area contributed by atoms with Crippen molar-refractivity contribution >= 4 is 0 Å². The van der Waals surface area contributed by atoms with E-state index in [-0.39, 0.29) is 0 Å². The quantitative estimate of drug-likeness (QED) is 0.750. The van der Waals surface area contributed by atoms with Crippen LogP contribution in [-0.2, 0) is 6.54 Å². The van der Waals surface area contributed by atoms with Crippen molar-refractivity contribution in [1.82, 2.24) is 9.80 Å². The van der Waals surface area contributed by atoms with Gasteiger partial charge in [0.05, 0.1) is 0 Å². The second-order valence-electron chi connectivity index (χ2n) is 6.48. The monoisotopic (exact) mass is 300 g/mol. The summed E-state index contributed by atoms with van der Waals surface area (Å²) < 4.78 is 5.80. The number of rotatable bonds is 6. The molecule has 2 saturated heterocycles. The molecule has 22 heavy (non-hydrogen) atoms. The molecule has 0 N–H and O–H groups in total. The van der Waals surface area contributed by atoms with Gasteiger partial charge in [0.15, 0.2) is 0 Å². The molecule has 0 saturated carbocycles. The average Bonchev–Trinajstić information content (AvgIpc) is 3.09. The van der Waals surface area contributed by atoms with E-state index in [1.54, 1.807) is 6.08 Å². The van der Waals surface area contributed by atoms with E-state index in [2.05, 4.69) is 34.6 Å². The SMILES string of the molecule is C=CCOc1ccccc1CN1CCCC(N2CCCC2)C1. The first-order valence-corrected chi connectivity index (χ1v) is 8.65. The lowest BCUT2D eigenvalue weighted by atomic mass is 10.0. The van der Waals surface area contributed by atoms with Crippen LogP contribution < -0.4 is 4.74 Å². The van der Waals surface area contributed by atoms with E-state index in [4.69, 9.17) is 4.74 Å². The highest BCUT2D eigenvalue weighted by molar-refractivity contribution is 5.33. The Hall–Kier alpha value is -1.32. The summed E-state index contributed by atoms with van der Waals surface area (Å²) in [6.45, 7) is 10.3. The Kier molecular flexibility index (Phi) is 5.52. The second kappa shape index (κ2) is 7.80. The normalized spacial score (nSPS) is 23.5. The first-order chi connectivity index (χ1) is 10.9. The van der Waals surface area contributed by atoms with Crippen molar-refractivity contribution in [2.24, 2.45) is 0 Å². The highest BCUT2D eigenvalue weighted by Crippen LogP contribution is 2.24. The highest BCUT2D eigenvalue weighted by Gasteiger charge is 2.27. The van der Waals surface area contributed by atoms with Gasteiger partial charge in [0, 0.05) is 24.7 Å². The van der Waals surface area contributed by atoms with Gasteiger partial charge in [-0.25, -0.2) is 0 Å². The molecule has 2 fully saturated rings.